The van der Waals surface area contributed by atoms with Crippen LogP contribution in [0.4, 0.5) is 0 Å². The summed E-state index contributed by atoms with van der Waals surface area (Å²) in [4.78, 5) is 33.9. The Hall–Kier alpha value is -13.4. The van der Waals surface area contributed by atoms with E-state index in [0.717, 1.165) is 123 Å². The molecule has 0 atom stereocenters. The maximum atomic E-state index is 13.2. The first-order valence-corrected chi connectivity index (χ1v) is 32.7. The quantitative estimate of drug-likeness (QED) is 0.101. The molecule has 0 spiro atoms. The molecule has 5 heterocycles. The Kier molecular flexibility index (Phi) is 16.4. The third-order valence-corrected chi connectivity index (χ3v) is 17.7. The normalized spacial score (nSPS) is 11.1. The lowest BCUT2D eigenvalue weighted by atomic mass is 9.76. The van der Waals surface area contributed by atoms with Crippen LogP contribution >= 0.6 is 0 Å². The molecule has 0 aliphatic rings. The smallest absolute Gasteiger partial charge is 0.161 e. The summed E-state index contributed by atoms with van der Waals surface area (Å²) in [5.74, 6) is 0.392. The number of pyridine rings is 4. The van der Waals surface area contributed by atoms with Gasteiger partial charge in [-0.3, -0.25) is 0 Å². The molecule has 5 aromatic heterocycles. The van der Waals surface area contributed by atoms with Gasteiger partial charge in [-0.05, 0) is 82.4 Å². The minimum Gasteiger partial charge on any atom is -0.248 e. The molecule has 16 rings (SSSR count). The molecule has 0 saturated heterocycles. The summed E-state index contributed by atoms with van der Waals surface area (Å²) in [5.41, 5.74) is 23.1. The Labute approximate surface area is 569 Å². The Morgan fingerprint density at radius 3 is 0.520 bits per heavy atom. The standard InChI is InChI=1S/C91H59N7/c92-60-75-86(71-51-76(61-31-11-1-12-32-61)93-77(52-71)62-33-13-2-14-34-62)88(73-55-80(65-39-19-5-20-40-65)95-81(56-73)66-41-21-6-22-42-66)89(74-57-82(67-43-23-7-24-44-67)96-83(58-74)68-45-25-8-26-46-68)90(91-97-84(69-47-27-9-28-48-69)59-85(98-91)70-49-29-10-30-50-70)87(75)72-53-78(63-35-15-3-16-36-63)94-79(54-72)64-37-17-4-18-38-64/h1-59H. The summed E-state index contributed by atoms with van der Waals surface area (Å²) in [6.07, 6.45) is 0. The summed E-state index contributed by atoms with van der Waals surface area (Å²) >= 11 is 0. The van der Waals surface area contributed by atoms with Gasteiger partial charge in [0.15, 0.2) is 5.82 Å². The van der Waals surface area contributed by atoms with E-state index in [1.807, 2.05) is 158 Å². The van der Waals surface area contributed by atoms with Gasteiger partial charge in [0.25, 0.3) is 0 Å². The van der Waals surface area contributed by atoms with E-state index in [1.54, 1.807) is 0 Å². The van der Waals surface area contributed by atoms with Crippen LogP contribution in [0.3, 0.4) is 0 Å². The van der Waals surface area contributed by atoms with Crippen LogP contribution in [-0.2, 0) is 0 Å². The fourth-order valence-electron chi connectivity index (χ4n) is 13.1. The highest BCUT2D eigenvalue weighted by Gasteiger charge is 2.33. The first kappa shape index (κ1) is 59.6. The Morgan fingerprint density at radius 1 is 0.163 bits per heavy atom. The van der Waals surface area contributed by atoms with Crippen molar-refractivity contribution in [1.82, 2.24) is 29.9 Å². The average Bonchev–Trinajstić information content (AvgIpc) is 0.712. The van der Waals surface area contributed by atoms with Crippen LogP contribution in [-0.4, -0.2) is 29.9 Å². The number of aromatic nitrogens is 6. The molecular formula is C91H59N7. The molecule has 0 N–H and O–H groups in total. The zero-order valence-electron chi connectivity index (χ0n) is 53.2. The van der Waals surface area contributed by atoms with E-state index < -0.39 is 0 Å². The van der Waals surface area contributed by atoms with Gasteiger partial charge in [0.2, 0.25) is 0 Å². The predicted octanol–water partition coefficient (Wildman–Crippen LogP) is 22.9. The highest BCUT2D eigenvalue weighted by atomic mass is 14.9. The molecule has 458 valence electrons. The Morgan fingerprint density at radius 2 is 0.327 bits per heavy atom. The lowest BCUT2D eigenvalue weighted by Crippen LogP contribution is -2.07. The van der Waals surface area contributed by atoms with E-state index >= 15 is 0 Å². The van der Waals surface area contributed by atoms with Gasteiger partial charge >= 0.3 is 0 Å². The monoisotopic (exact) mass is 1250 g/mol. The van der Waals surface area contributed by atoms with E-state index in [9.17, 15) is 5.26 Å². The summed E-state index contributed by atoms with van der Waals surface area (Å²) < 4.78 is 0. The third kappa shape index (κ3) is 12.2. The fourth-order valence-corrected chi connectivity index (χ4v) is 13.1. The number of hydrogen-bond acceptors (Lipinski definition) is 7. The molecule has 0 saturated carbocycles. The topological polar surface area (TPSA) is 101 Å². The zero-order valence-corrected chi connectivity index (χ0v) is 53.2. The molecule has 0 aliphatic heterocycles. The second-order valence-electron chi connectivity index (χ2n) is 24.0. The lowest BCUT2D eigenvalue weighted by Gasteiger charge is -2.27. The van der Waals surface area contributed by atoms with Crippen LogP contribution in [0.1, 0.15) is 5.56 Å². The highest BCUT2D eigenvalue weighted by Crippen LogP contribution is 2.55. The van der Waals surface area contributed by atoms with Crippen LogP contribution in [0.15, 0.2) is 358 Å². The number of hydrogen-bond donors (Lipinski definition) is 0. The fraction of sp³-hybridized carbons (Fsp3) is 0. The average molecular weight is 1250 g/mol. The van der Waals surface area contributed by atoms with Gasteiger partial charge in [0.1, 0.15) is 6.07 Å². The van der Waals surface area contributed by atoms with E-state index in [1.165, 1.54) is 0 Å². The van der Waals surface area contributed by atoms with Crippen LogP contribution in [0.2, 0.25) is 0 Å². The highest BCUT2D eigenvalue weighted by molar-refractivity contribution is 6.11. The van der Waals surface area contributed by atoms with Gasteiger partial charge < -0.3 is 0 Å². The molecule has 0 bridgehead atoms. The molecule has 16 aromatic rings. The van der Waals surface area contributed by atoms with Gasteiger partial charge in [-0.25, -0.2) is 29.9 Å². The minimum absolute atomic E-state index is 0.377. The maximum Gasteiger partial charge on any atom is 0.161 e. The van der Waals surface area contributed by atoms with Crippen molar-refractivity contribution in [1.29, 1.82) is 5.26 Å². The van der Waals surface area contributed by atoms with Crippen LogP contribution in [0.25, 0.3) is 168 Å². The molecule has 0 radical (unpaired) electrons. The SMILES string of the molecule is N#Cc1c(-c2cc(-c3ccccc3)nc(-c3ccccc3)c2)c(-c2cc(-c3ccccc3)nc(-c3ccccc3)c2)c(-c2cc(-c3ccccc3)nc(-c3ccccc3)c2)c(-c2nc(-c3ccccc3)cc(-c3ccccc3)n2)c1-c1cc(-c2ccccc2)nc(-c2ccccc2)c1. The van der Waals surface area contributed by atoms with E-state index in [-0.39, 0.29) is 0 Å². The summed E-state index contributed by atoms with van der Waals surface area (Å²) in [7, 11) is 0. The van der Waals surface area contributed by atoms with Crippen molar-refractivity contribution in [2.45, 2.75) is 0 Å². The Bertz CT molecular complexity index is 5000. The second kappa shape index (κ2) is 26.9. The first-order chi connectivity index (χ1) is 48.5. The van der Waals surface area contributed by atoms with E-state index in [0.29, 0.717) is 50.9 Å². The van der Waals surface area contributed by atoms with Gasteiger partial charge in [0.05, 0.1) is 62.5 Å². The number of rotatable bonds is 15. The Balaban J connectivity index is 1.19. The largest absolute Gasteiger partial charge is 0.248 e. The molecule has 98 heavy (non-hydrogen) atoms. The van der Waals surface area contributed by atoms with Gasteiger partial charge in [0, 0.05) is 77.9 Å². The number of nitriles is 1. The van der Waals surface area contributed by atoms with E-state index in [4.69, 9.17) is 29.9 Å². The molecule has 7 heteroatoms. The van der Waals surface area contributed by atoms with Crippen molar-refractivity contribution in [3.63, 3.8) is 0 Å². The summed E-state index contributed by atoms with van der Waals surface area (Å²) in [6, 6.07) is 126. The molecule has 0 unspecified atom stereocenters. The maximum absolute atomic E-state index is 13.2. The van der Waals surface area contributed by atoms with Crippen molar-refractivity contribution >= 4 is 0 Å². The molecule has 0 amide bonds. The lowest BCUT2D eigenvalue weighted by molar-refractivity contribution is 1.18. The molecule has 11 aromatic carbocycles. The van der Waals surface area contributed by atoms with Crippen molar-refractivity contribution in [2.24, 2.45) is 0 Å². The van der Waals surface area contributed by atoms with Crippen LogP contribution in [0, 0.1) is 11.3 Å². The molecular weight excluding hydrogens is 1190 g/mol. The number of nitrogens with zero attached hydrogens (tertiary/aromatic N) is 7. The predicted molar refractivity (Wildman–Crippen MR) is 399 cm³/mol. The minimum atomic E-state index is 0.377. The summed E-state index contributed by atoms with van der Waals surface area (Å²) in [5, 5.41) is 13.2. The van der Waals surface area contributed by atoms with Crippen LogP contribution < -0.4 is 0 Å². The summed E-state index contributed by atoms with van der Waals surface area (Å²) in [6.45, 7) is 0. The van der Waals surface area contributed by atoms with Crippen molar-refractivity contribution in [3.05, 3.63) is 363 Å². The zero-order chi connectivity index (χ0) is 65.6. The van der Waals surface area contributed by atoms with Gasteiger partial charge in [-0.15, -0.1) is 0 Å². The van der Waals surface area contributed by atoms with Gasteiger partial charge in [-0.2, -0.15) is 5.26 Å². The van der Waals surface area contributed by atoms with Crippen molar-refractivity contribution in [2.75, 3.05) is 0 Å². The van der Waals surface area contributed by atoms with Crippen molar-refractivity contribution < 1.29 is 0 Å². The number of benzene rings is 11. The third-order valence-electron chi connectivity index (χ3n) is 17.7. The molecule has 0 fully saturated rings. The molecule has 7 nitrogen and oxygen atoms in total. The van der Waals surface area contributed by atoms with Gasteiger partial charge in [-0.1, -0.05) is 303 Å². The first-order valence-electron chi connectivity index (χ1n) is 32.7. The van der Waals surface area contributed by atoms with Crippen molar-refractivity contribution in [3.8, 4) is 175 Å². The van der Waals surface area contributed by atoms with Crippen LogP contribution in [0.5, 0.6) is 0 Å². The second-order valence-corrected chi connectivity index (χ2v) is 24.0. The molecule has 0 aliphatic carbocycles. The van der Waals surface area contributed by atoms with E-state index in [2.05, 4.69) is 206 Å².